The first kappa shape index (κ1) is 23.6. The van der Waals surface area contributed by atoms with Gasteiger partial charge in [0.1, 0.15) is 11.6 Å². The molecule has 0 aromatic heterocycles. The van der Waals surface area contributed by atoms with Gasteiger partial charge in [0.05, 0.1) is 24.1 Å². The molecule has 0 radical (unpaired) electrons. The lowest BCUT2D eigenvalue weighted by molar-refractivity contribution is -0.118. The van der Waals surface area contributed by atoms with Crippen molar-refractivity contribution in [3.8, 4) is 6.07 Å². The van der Waals surface area contributed by atoms with E-state index in [0.717, 1.165) is 16.7 Å². The van der Waals surface area contributed by atoms with Gasteiger partial charge in [0.15, 0.2) is 0 Å². The van der Waals surface area contributed by atoms with Gasteiger partial charge in [0, 0.05) is 28.7 Å². The average molecular weight is 475 g/mol. The molecular weight excluding hydrogens is 448 g/mol. The van der Waals surface area contributed by atoms with Gasteiger partial charge in [0.2, 0.25) is 5.91 Å². The smallest absolute Gasteiger partial charge is 0.408 e. The van der Waals surface area contributed by atoms with Crippen molar-refractivity contribution >= 4 is 34.9 Å². The average Bonchev–Trinajstić information content (AvgIpc) is 3.07. The molecule has 2 aliphatic heterocycles. The predicted octanol–water partition coefficient (Wildman–Crippen LogP) is 3.19. The first-order valence-corrected chi connectivity index (χ1v) is 11.1. The van der Waals surface area contributed by atoms with Crippen LogP contribution in [0.4, 0.5) is 16.2 Å². The monoisotopic (exact) mass is 474 g/mol. The fraction of sp³-hybridized carbons (Fsp3) is 0.280. The highest BCUT2D eigenvalue weighted by molar-refractivity contribution is 6.08. The van der Waals surface area contributed by atoms with Crippen LogP contribution in [-0.2, 0) is 9.53 Å². The number of nitrogens with one attached hydrogen (secondary N) is 5. The second kappa shape index (κ2) is 9.38. The van der Waals surface area contributed by atoms with Gasteiger partial charge in [-0.1, -0.05) is 30.3 Å². The molecule has 0 saturated carbocycles. The third kappa shape index (κ3) is 5.19. The Labute approximate surface area is 202 Å². The van der Waals surface area contributed by atoms with Crippen molar-refractivity contribution in [2.75, 3.05) is 10.6 Å². The Morgan fingerprint density at radius 2 is 1.94 bits per heavy atom. The lowest BCUT2D eigenvalue weighted by Crippen LogP contribution is -2.45. The standard InChI is InChI=1S/C25H26N6O4/c1-25(2,3)35-24(34)30-18(9-10-26)23(33)28-15-11-16-20-17(13-27-31-22(16)32)21(29-19(20)12-15)14-7-5-4-6-8-14/h4-8,11-13,18,21,27,29H,9H2,1-3H3,(H,28,33)(H,30,34)(H,31,32)/t18-,21?/m0/s1. The van der Waals surface area contributed by atoms with E-state index in [1.807, 2.05) is 36.4 Å². The number of nitrogens with zero attached hydrogens (tertiary/aromatic N) is 1. The minimum Gasteiger partial charge on any atom is -0.444 e. The number of ether oxygens (including phenoxy) is 1. The largest absolute Gasteiger partial charge is 0.444 e. The van der Waals surface area contributed by atoms with Crippen LogP contribution in [0.5, 0.6) is 0 Å². The van der Waals surface area contributed by atoms with E-state index in [4.69, 9.17) is 10.00 Å². The normalized spacial score (nSPS) is 16.7. The molecule has 2 atom stereocenters. The summed E-state index contributed by atoms with van der Waals surface area (Å²) in [6, 6.07) is 13.6. The van der Waals surface area contributed by atoms with Crippen LogP contribution in [0.25, 0.3) is 5.57 Å². The van der Waals surface area contributed by atoms with E-state index < -0.39 is 23.6 Å². The Balaban J connectivity index is 1.61. The molecule has 0 spiro atoms. The van der Waals surface area contributed by atoms with Gasteiger partial charge < -0.3 is 26.1 Å². The zero-order chi connectivity index (χ0) is 25.2. The molecule has 35 heavy (non-hydrogen) atoms. The maximum Gasteiger partial charge on any atom is 0.408 e. The van der Waals surface area contributed by atoms with Crippen LogP contribution in [-0.4, -0.2) is 29.6 Å². The predicted molar refractivity (Wildman–Crippen MR) is 130 cm³/mol. The molecule has 0 saturated heterocycles. The van der Waals surface area contributed by atoms with E-state index in [1.54, 1.807) is 39.1 Å². The van der Waals surface area contributed by atoms with Gasteiger partial charge >= 0.3 is 6.09 Å². The number of amides is 3. The summed E-state index contributed by atoms with van der Waals surface area (Å²) < 4.78 is 5.20. The molecule has 2 aromatic rings. The van der Waals surface area contributed by atoms with Crippen molar-refractivity contribution in [3.05, 3.63) is 65.4 Å². The van der Waals surface area contributed by atoms with Gasteiger partial charge in [-0.2, -0.15) is 5.26 Å². The van der Waals surface area contributed by atoms with Crippen molar-refractivity contribution in [3.63, 3.8) is 0 Å². The highest BCUT2D eigenvalue weighted by Gasteiger charge is 2.34. The van der Waals surface area contributed by atoms with Crippen LogP contribution in [0.2, 0.25) is 0 Å². The molecule has 3 amide bonds. The van der Waals surface area contributed by atoms with Crippen LogP contribution in [0.1, 0.15) is 54.7 Å². The van der Waals surface area contributed by atoms with Gasteiger partial charge in [-0.15, -0.1) is 0 Å². The summed E-state index contributed by atoms with van der Waals surface area (Å²) in [4.78, 5) is 37.9. The minimum absolute atomic E-state index is 0.198. The summed E-state index contributed by atoms with van der Waals surface area (Å²) in [5.74, 6) is -0.968. The molecule has 2 aliphatic rings. The summed E-state index contributed by atoms with van der Waals surface area (Å²) >= 11 is 0. The van der Waals surface area contributed by atoms with Crippen molar-refractivity contribution in [2.24, 2.45) is 0 Å². The highest BCUT2D eigenvalue weighted by Crippen LogP contribution is 2.46. The van der Waals surface area contributed by atoms with Crippen LogP contribution in [0.3, 0.4) is 0 Å². The molecule has 0 aliphatic carbocycles. The number of carbonyl (C=O) groups excluding carboxylic acids is 3. The van der Waals surface area contributed by atoms with E-state index in [1.165, 1.54) is 0 Å². The number of rotatable bonds is 5. The number of anilines is 2. The van der Waals surface area contributed by atoms with Gasteiger partial charge in [0.25, 0.3) is 5.91 Å². The number of alkyl carbamates (subject to hydrolysis) is 1. The fourth-order valence-electron chi connectivity index (χ4n) is 3.99. The number of hydrogen-bond acceptors (Lipinski definition) is 7. The SMILES string of the molecule is CC(C)(C)OC(=O)N[C@@H](CC#N)C(=O)Nc1cc2c3c(c1)C(=O)NNC=C3C(c1ccccc1)N2. The number of hydrazine groups is 1. The van der Waals surface area contributed by atoms with Crippen LogP contribution < -0.4 is 26.8 Å². The molecule has 2 heterocycles. The van der Waals surface area contributed by atoms with Crippen molar-refractivity contribution in [2.45, 2.75) is 44.9 Å². The molecule has 10 nitrogen and oxygen atoms in total. The Kier molecular flexibility index (Phi) is 6.34. The zero-order valence-corrected chi connectivity index (χ0v) is 19.6. The van der Waals surface area contributed by atoms with E-state index in [0.29, 0.717) is 16.9 Å². The van der Waals surface area contributed by atoms with E-state index in [-0.39, 0.29) is 18.4 Å². The summed E-state index contributed by atoms with van der Waals surface area (Å²) in [5.41, 5.74) is 8.70. The third-order valence-corrected chi connectivity index (χ3v) is 5.40. The van der Waals surface area contributed by atoms with E-state index in [2.05, 4.69) is 26.8 Å². The molecule has 2 aromatic carbocycles. The molecule has 1 unspecified atom stereocenters. The third-order valence-electron chi connectivity index (χ3n) is 5.40. The summed E-state index contributed by atoms with van der Waals surface area (Å²) in [5, 5.41) is 17.7. The number of nitriles is 1. The molecule has 5 N–H and O–H groups in total. The Morgan fingerprint density at radius 1 is 1.20 bits per heavy atom. The minimum atomic E-state index is -1.14. The van der Waals surface area contributed by atoms with Crippen LogP contribution in [0, 0.1) is 11.3 Å². The van der Waals surface area contributed by atoms with Crippen molar-refractivity contribution in [1.82, 2.24) is 16.2 Å². The van der Waals surface area contributed by atoms with E-state index in [9.17, 15) is 14.4 Å². The highest BCUT2D eigenvalue weighted by atomic mass is 16.6. The maximum atomic E-state index is 12.9. The summed E-state index contributed by atoms with van der Waals surface area (Å²) in [7, 11) is 0. The van der Waals surface area contributed by atoms with Gasteiger partial charge in [-0.3, -0.25) is 15.0 Å². The Bertz CT molecular complexity index is 1240. The number of benzene rings is 2. The number of hydrogen-bond donors (Lipinski definition) is 5. The number of carbonyl (C=O) groups is 3. The van der Waals surface area contributed by atoms with Crippen molar-refractivity contribution in [1.29, 1.82) is 5.26 Å². The lowest BCUT2D eigenvalue weighted by Gasteiger charge is -2.22. The molecule has 4 rings (SSSR count). The van der Waals surface area contributed by atoms with Gasteiger partial charge in [-0.05, 0) is 38.5 Å². The first-order chi connectivity index (χ1) is 16.7. The zero-order valence-electron chi connectivity index (χ0n) is 19.6. The Morgan fingerprint density at radius 3 is 2.63 bits per heavy atom. The molecule has 0 fully saturated rings. The second-order valence-corrected chi connectivity index (χ2v) is 9.18. The maximum absolute atomic E-state index is 12.9. The van der Waals surface area contributed by atoms with Crippen LogP contribution in [0.15, 0.2) is 48.7 Å². The first-order valence-electron chi connectivity index (χ1n) is 11.1. The summed E-state index contributed by atoms with van der Waals surface area (Å²) in [6.45, 7) is 5.09. The molecule has 10 heteroatoms. The topological polar surface area (TPSA) is 144 Å². The quantitative estimate of drug-likeness (QED) is 0.448. The summed E-state index contributed by atoms with van der Waals surface area (Å²) in [6.07, 6.45) is 0.687. The van der Waals surface area contributed by atoms with E-state index >= 15 is 0 Å². The van der Waals surface area contributed by atoms with Crippen molar-refractivity contribution < 1.29 is 19.1 Å². The Hall–Kier alpha value is -4.52. The second-order valence-electron chi connectivity index (χ2n) is 9.18. The van der Waals surface area contributed by atoms with Crippen LogP contribution >= 0.6 is 0 Å². The van der Waals surface area contributed by atoms with Gasteiger partial charge in [-0.25, -0.2) is 4.79 Å². The fourth-order valence-corrected chi connectivity index (χ4v) is 3.99. The molecule has 180 valence electrons. The molecular formula is C25H26N6O4. The lowest BCUT2D eigenvalue weighted by atomic mass is 9.94. The molecule has 0 bridgehead atoms.